The summed E-state index contributed by atoms with van der Waals surface area (Å²) < 4.78 is 5.43. The van der Waals surface area contributed by atoms with Gasteiger partial charge in [0.25, 0.3) is 5.91 Å². The van der Waals surface area contributed by atoms with E-state index in [1.807, 2.05) is 30.3 Å². The van der Waals surface area contributed by atoms with Crippen molar-refractivity contribution < 1.29 is 14.4 Å². The molecule has 1 saturated heterocycles. The highest BCUT2D eigenvalue weighted by Crippen LogP contribution is 2.16. The molecule has 2 aromatic rings. The number of rotatable bonds is 7. The number of oxime groups is 1. The third kappa shape index (κ3) is 5.64. The molecule has 0 aromatic heterocycles. The maximum atomic E-state index is 12.8. The minimum absolute atomic E-state index is 0.0773. The largest absolute Gasteiger partial charge is 0.399 e. The second-order valence-corrected chi connectivity index (χ2v) is 6.39. The molecule has 1 amide bonds. The van der Waals surface area contributed by atoms with E-state index in [0.717, 1.165) is 44.0 Å². The number of morpholine rings is 1. The number of nitrogens with one attached hydrogen (secondary N) is 1. The topological polar surface area (TPSA) is 63.2 Å². The predicted octanol–water partition coefficient (Wildman–Crippen LogP) is 2.47. The first-order valence-electron chi connectivity index (χ1n) is 9.09. The maximum absolute atomic E-state index is 12.8. The molecular formula is C21H25N3O3. The van der Waals surface area contributed by atoms with Crippen LogP contribution >= 0.6 is 0 Å². The minimum atomic E-state index is -0.0904. The fourth-order valence-corrected chi connectivity index (χ4v) is 3.04. The van der Waals surface area contributed by atoms with Gasteiger partial charge in [0.15, 0.2) is 0 Å². The number of carbonyl (C=O) groups is 1. The van der Waals surface area contributed by atoms with E-state index in [1.165, 1.54) is 7.11 Å². The number of benzene rings is 2. The Morgan fingerprint density at radius 1 is 1.19 bits per heavy atom. The van der Waals surface area contributed by atoms with Crippen molar-refractivity contribution in [3.05, 3.63) is 71.3 Å². The summed E-state index contributed by atoms with van der Waals surface area (Å²) in [4.78, 5) is 19.8. The van der Waals surface area contributed by atoms with Gasteiger partial charge in [-0.15, -0.1) is 0 Å². The summed E-state index contributed by atoms with van der Waals surface area (Å²) in [5.41, 5.74) is 2.59. The van der Waals surface area contributed by atoms with Crippen molar-refractivity contribution in [2.75, 3.05) is 40.0 Å². The Bertz CT molecular complexity index is 741. The number of hydrogen-bond acceptors (Lipinski definition) is 5. The summed E-state index contributed by atoms with van der Waals surface area (Å²) in [5, 5.41) is 6.91. The van der Waals surface area contributed by atoms with E-state index in [9.17, 15) is 4.79 Å². The number of carbonyl (C=O) groups excluding carboxylic acids is 1. The monoisotopic (exact) mass is 367 g/mol. The zero-order chi connectivity index (χ0) is 18.9. The van der Waals surface area contributed by atoms with Crippen LogP contribution in [0.2, 0.25) is 0 Å². The van der Waals surface area contributed by atoms with E-state index in [2.05, 4.69) is 32.3 Å². The van der Waals surface area contributed by atoms with E-state index in [-0.39, 0.29) is 11.9 Å². The van der Waals surface area contributed by atoms with Gasteiger partial charge in [-0.2, -0.15) is 0 Å². The van der Waals surface area contributed by atoms with Crippen LogP contribution in [0.3, 0.4) is 0 Å². The van der Waals surface area contributed by atoms with E-state index in [0.29, 0.717) is 5.56 Å². The molecule has 3 rings (SSSR count). The highest BCUT2D eigenvalue weighted by Gasteiger charge is 2.20. The van der Waals surface area contributed by atoms with E-state index >= 15 is 0 Å². The molecule has 1 aliphatic rings. The number of ether oxygens (including phenoxy) is 1. The van der Waals surface area contributed by atoms with Gasteiger partial charge in [0.1, 0.15) is 7.11 Å². The molecule has 6 nitrogen and oxygen atoms in total. The first-order valence-corrected chi connectivity index (χ1v) is 9.09. The van der Waals surface area contributed by atoms with Gasteiger partial charge in [-0.3, -0.25) is 9.69 Å². The average Bonchev–Trinajstić information content (AvgIpc) is 2.73. The van der Waals surface area contributed by atoms with Crippen LogP contribution < -0.4 is 5.32 Å². The van der Waals surface area contributed by atoms with Crippen LogP contribution in [-0.2, 0) is 9.57 Å². The van der Waals surface area contributed by atoms with Crippen LogP contribution in [0.4, 0.5) is 0 Å². The van der Waals surface area contributed by atoms with Gasteiger partial charge >= 0.3 is 0 Å². The smallest absolute Gasteiger partial charge is 0.251 e. The Morgan fingerprint density at radius 2 is 1.89 bits per heavy atom. The fraction of sp³-hybridized carbons (Fsp3) is 0.333. The van der Waals surface area contributed by atoms with Gasteiger partial charge in [0, 0.05) is 25.2 Å². The van der Waals surface area contributed by atoms with Crippen LogP contribution in [0.25, 0.3) is 0 Å². The fourth-order valence-electron chi connectivity index (χ4n) is 3.04. The Kier molecular flexibility index (Phi) is 6.96. The summed E-state index contributed by atoms with van der Waals surface area (Å²) in [6.45, 7) is 4.00. The Balaban J connectivity index is 1.70. The van der Waals surface area contributed by atoms with E-state index in [4.69, 9.17) is 4.74 Å². The van der Waals surface area contributed by atoms with E-state index < -0.39 is 0 Å². The lowest BCUT2D eigenvalue weighted by molar-refractivity contribution is 0.0332. The second kappa shape index (κ2) is 9.85. The SMILES string of the molecule is CO/N=C/c1ccc(C(=O)NC(CN2CCOCC2)c2ccccc2)cc1. The molecule has 142 valence electrons. The third-order valence-corrected chi connectivity index (χ3v) is 4.53. The highest BCUT2D eigenvalue weighted by molar-refractivity contribution is 5.95. The number of nitrogens with zero attached hydrogens (tertiary/aromatic N) is 2. The van der Waals surface area contributed by atoms with Crippen LogP contribution in [0.5, 0.6) is 0 Å². The van der Waals surface area contributed by atoms with Crippen LogP contribution in [0, 0.1) is 0 Å². The van der Waals surface area contributed by atoms with Crippen molar-refractivity contribution in [2.45, 2.75) is 6.04 Å². The van der Waals surface area contributed by atoms with Gasteiger partial charge in [0.05, 0.1) is 25.5 Å². The molecule has 0 aliphatic carbocycles. The molecule has 1 aliphatic heterocycles. The zero-order valence-electron chi connectivity index (χ0n) is 15.5. The Labute approximate surface area is 159 Å². The molecule has 1 heterocycles. The summed E-state index contributed by atoms with van der Waals surface area (Å²) >= 11 is 0. The molecule has 0 spiro atoms. The first-order chi connectivity index (χ1) is 13.3. The lowest BCUT2D eigenvalue weighted by Gasteiger charge is -2.31. The van der Waals surface area contributed by atoms with Gasteiger partial charge in [-0.1, -0.05) is 47.6 Å². The van der Waals surface area contributed by atoms with Gasteiger partial charge < -0.3 is 14.9 Å². The van der Waals surface area contributed by atoms with Crippen LogP contribution in [0.15, 0.2) is 59.8 Å². The molecule has 0 saturated carbocycles. The van der Waals surface area contributed by atoms with Crippen LogP contribution in [0.1, 0.15) is 27.5 Å². The molecule has 27 heavy (non-hydrogen) atoms. The van der Waals surface area contributed by atoms with Crippen molar-refractivity contribution in [3.8, 4) is 0 Å². The quantitative estimate of drug-likeness (QED) is 0.603. The first kappa shape index (κ1) is 19.1. The summed E-state index contributed by atoms with van der Waals surface area (Å²) in [7, 11) is 1.50. The van der Waals surface area contributed by atoms with Gasteiger partial charge in [-0.05, 0) is 23.3 Å². The number of hydrogen-bond donors (Lipinski definition) is 1. The number of amides is 1. The standard InChI is InChI=1S/C21H25N3O3/c1-26-22-15-17-7-9-19(10-8-17)21(25)23-20(18-5-3-2-4-6-18)16-24-11-13-27-14-12-24/h2-10,15,20H,11-14,16H2,1H3,(H,23,25)/b22-15+. The predicted molar refractivity (Wildman–Crippen MR) is 105 cm³/mol. The maximum Gasteiger partial charge on any atom is 0.251 e. The molecular weight excluding hydrogens is 342 g/mol. The lowest BCUT2D eigenvalue weighted by atomic mass is 10.0. The van der Waals surface area contributed by atoms with Gasteiger partial charge in [0.2, 0.25) is 0 Å². The van der Waals surface area contributed by atoms with Crippen molar-refractivity contribution in [3.63, 3.8) is 0 Å². The third-order valence-electron chi connectivity index (χ3n) is 4.53. The van der Waals surface area contributed by atoms with Crippen molar-refractivity contribution in [1.82, 2.24) is 10.2 Å². The summed E-state index contributed by atoms with van der Waals surface area (Å²) in [6.07, 6.45) is 1.60. The van der Waals surface area contributed by atoms with Crippen molar-refractivity contribution in [1.29, 1.82) is 0 Å². The Hall–Kier alpha value is -2.70. The van der Waals surface area contributed by atoms with Gasteiger partial charge in [-0.25, -0.2) is 0 Å². The molecule has 1 unspecified atom stereocenters. The lowest BCUT2D eigenvalue weighted by Crippen LogP contribution is -2.43. The Morgan fingerprint density at radius 3 is 2.56 bits per heavy atom. The van der Waals surface area contributed by atoms with Crippen molar-refractivity contribution >= 4 is 12.1 Å². The average molecular weight is 367 g/mol. The van der Waals surface area contributed by atoms with E-state index in [1.54, 1.807) is 18.3 Å². The molecule has 0 radical (unpaired) electrons. The highest BCUT2D eigenvalue weighted by atomic mass is 16.6. The molecule has 0 bridgehead atoms. The normalized spacial score (nSPS) is 16.2. The summed E-state index contributed by atoms with van der Waals surface area (Å²) in [5.74, 6) is -0.0904. The minimum Gasteiger partial charge on any atom is -0.399 e. The van der Waals surface area contributed by atoms with Crippen molar-refractivity contribution in [2.24, 2.45) is 5.16 Å². The molecule has 1 fully saturated rings. The summed E-state index contributed by atoms with van der Waals surface area (Å²) in [6, 6.07) is 17.3. The molecule has 2 aromatic carbocycles. The molecule has 1 atom stereocenters. The second-order valence-electron chi connectivity index (χ2n) is 6.39. The van der Waals surface area contributed by atoms with Crippen LogP contribution in [-0.4, -0.2) is 57.0 Å². The zero-order valence-corrected chi connectivity index (χ0v) is 15.5. The molecule has 6 heteroatoms. The molecule has 1 N–H and O–H groups in total.